The molecule has 13 heteroatoms. The summed E-state index contributed by atoms with van der Waals surface area (Å²) in [7, 11) is -4.33. The number of benzene rings is 1. The first-order valence-corrected chi connectivity index (χ1v) is 12.1. The van der Waals surface area contributed by atoms with Gasteiger partial charge in [-0.15, -0.1) is 0 Å². The van der Waals surface area contributed by atoms with Gasteiger partial charge < -0.3 is 40.1 Å². The van der Waals surface area contributed by atoms with Gasteiger partial charge in [-0.3, -0.25) is 9.05 Å². The fraction of sp³-hybridized carbons (Fsp3) is 0.667. The third-order valence-electron chi connectivity index (χ3n) is 4.39. The number of carboxylic acid groups (broad SMARTS) is 1. The van der Waals surface area contributed by atoms with Gasteiger partial charge in [0.05, 0.1) is 17.9 Å². The number of phosphoric acid groups is 1. The van der Waals surface area contributed by atoms with Crippen molar-refractivity contribution in [2.45, 2.75) is 90.0 Å². The largest absolute Gasteiger partial charge is 0.479 e. The molecule has 1 aliphatic heterocycles. The average molecular weight is 507 g/mol. The summed E-state index contributed by atoms with van der Waals surface area (Å²) < 4.78 is 33.1. The summed E-state index contributed by atoms with van der Waals surface area (Å²) >= 11 is 0. The first-order chi connectivity index (χ1) is 15.4. The molecule has 6 unspecified atom stereocenters. The molecule has 1 aromatic rings. The highest BCUT2D eigenvalue weighted by Crippen LogP contribution is 2.48. The molecule has 34 heavy (non-hydrogen) atoms. The Hall–Kier alpha value is -1.76. The quantitative estimate of drug-likeness (QED) is 0.280. The molecular weight excluding hydrogens is 473 g/mol. The van der Waals surface area contributed by atoms with E-state index in [-0.39, 0.29) is 12.4 Å². The van der Waals surface area contributed by atoms with Crippen LogP contribution in [0.15, 0.2) is 18.2 Å². The van der Waals surface area contributed by atoms with E-state index < -0.39 is 55.6 Å². The molecule has 1 aliphatic rings. The first kappa shape index (κ1) is 28.5. The van der Waals surface area contributed by atoms with Crippen molar-refractivity contribution in [3.63, 3.8) is 0 Å². The number of ether oxygens (including phenoxy) is 2. The Bertz CT molecular complexity index is 911. The van der Waals surface area contributed by atoms with Crippen molar-refractivity contribution < 1.29 is 53.2 Å². The highest BCUT2D eigenvalue weighted by atomic mass is 31.2. The van der Waals surface area contributed by atoms with E-state index in [9.17, 15) is 34.7 Å². The van der Waals surface area contributed by atoms with E-state index in [2.05, 4.69) is 5.32 Å². The van der Waals surface area contributed by atoms with Gasteiger partial charge in [0, 0.05) is 5.54 Å². The molecular formula is C21H34NO11P. The summed E-state index contributed by atoms with van der Waals surface area (Å²) in [5, 5.41) is 42.5. The van der Waals surface area contributed by atoms with E-state index in [1.165, 1.54) is 12.1 Å². The minimum absolute atomic E-state index is 0.133. The molecule has 0 amide bonds. The van der Waals surface area contributed by atoms with Gasteiger partial charge in [0.15, 0.2) is 6.10 Å². The van der Waals surface area contributed by atoms with Crippen LogP contribution in [0.25, 0.3) is 0 Å². The lowest BCUT2D eigenvalue weighted by atomic mass is 9.99. The van der Waals surface area contributed by atoms with Crippen molar-refractivity contribution in [3.05, 3.63) is 23.8 Å². The Morgan fingerprint density at radius 2 is 1.71 bits per heavy atom. The van der Waals surface area contributed by atoms with Crippen LogP contribution >= 0.6 is 7.82 Å². The first-order valence-electron chi connectivity index (χ1n) is 10.6. The molecule has 0 aliphatic carbocycles. The zero-order valence-electron chi connectivity index (χ0n) is 20.0. The molecule has 12 nitrogen and oxygen atoms in total. The summed E-state index contributed by atoms with van der Waals surface area (Å²) in [6.07, 6.45) is -8.79. The second kappa shape index (κ2) is 10.5. The minimum atomic E-state index is -4.33. The summed E-state index contributed by atoms with van der Waals surface area (Å²) in [4.78, 5) is 21.3. The number of aliphatic hydroxyl groups excluding tert-OH is 3. The van der Waals surface area contributed by atoms with Crippen LogP contribution < -0.4 is 10.1 Å². The van der Waals surface area contributed by atoms with Gasteiger partial charge in [-0.1, -0.05) is 6.07 Å². The maximum Gasteiger partial charge on any atom is 0.473 e. The highest BCUT2D eigenvalue weighted by Gasteiger charge is 2.48. The lowest BCUT2D eigenvalue weighted by molar-refractivity contribution is -0.271. The van der Waals surface area contributed by atoms with E-state index in [0.717, 1.165) is 0 Å². The Morgan fingerprint density at radius 3 is 2.24 bits per heavy atom. The van der Waals surface area contributed by atoms with Gasteiger partial charge in [-0.2, -0.15) is 0 Å². The van der Waals surface area contributed by atoms with Gasteiger partial charge in [0.25, 0.3) is 0 Å². The molecule has 0 spiro atoms. The number of rotatable bonds is 8. The van der Waals surface area contributed by atoms with Crippen molar-refractivity contribution >= 4 is 19.5 Å². The maximum atomic E-state index is 12.2. The van der Waals surface area contributed by atoms with Crippen LogP contribution in [0.4, 0.5) is 5.69 Å². The fourth-order valence-electron chi connectivity index (χ4n) is 3.07. The number of anilines is 1. The number of carboxylic acids is 1. The van der Waals surface area contributed by atoms with E-state index >= 15 is 0 Å². The van der Waals surface area contributed by atoms with Crippen LogP contribution in [0.3, 0.4) is 0 Å². The molecule has 1 fully saturated rings. The number of hydrogen-bond donors (Lipinski definition) is 6. The van der Waals surface area contributed by atoms with E-state index in [0.29, 0.717) is 11.3 Å². The Balaban J connectivity index is 2.27. The molecule has 194 valence electrons. The van der Waals surface area contributed by atoms with Gasteiger partial charge in [-0.05, 0) is 59.2 Å². The molecule has 0 aromatic heterocycles. The van der Waals surface area contributed by atoms with Crippen molar-refractivity contribution in [1.29, 1.82) is 0 Å². The van der Waals surface area contributed by atoms with Gasteiger partial charge in [0.1, 0.15) is 24.1 Å². The number of carbonyl (C=O) groups is 1. The van der Waals surface area contributed by atoms with Crippen molar-refractivity contribution in [2.75, 3.05) is 5.32 Å². The predicted molar refractivity (Wildman–Crippen MR) is 120 cm³/mol. The van der Waals surface area contributed by atoms with Crippen LogP contribution in [-0.2, 0) is 29.8 Å². The number of hydrogen-bond acceptors (Lipinski definition) is 10. The van der Waals surface area contributed by atoms with Crippen molar-refractivity contribution in [3.8, 4) is 5.75 Å². The van der Waals surface area contributed by atoms with Gasteiger partial charge >= 0.3 is 13.8 Å². The Labute approximate surface area is 198 Å². The summed E-state index contributed by atoms with van der Waals surface area (Å²) in [6, 6.07) is 4.56. The maximum absolute atomic E-state index is 12.2. The number of aliphatic hydroxyl groups is 3. The average Bonchev–Trinajstić information content (AvgIpc) is 2.65. The van der Waals surface area contributed by atoms with E-state index in [1.807, 2.05) is 20.8 Å². The lowest BCUT2D eigenvalue weighted by Gasteiger charge is -2.38. The monoisotopic (exact) mass is 507 g/mol. The third-order valence-corrected chi connectivity index (χ3v) is 5.63. The minimum Gasteiger partial charge on any atom is -0.479 e. The Morgan fingerprint density at radius 1 is 1.09 bits per heavy atom. The van der Waals surface area contributed by atoms with Gasteiger partial charge in [0.2, 0.25) is 6.29 Å². The molecule has 6 atom stereocenters. The molecule has 1 saturated heterocycles. The lowest BCUT2D eigenvalue weighted by Crippen LogP contribution is -2.61. The van der Waals surface area contributed by atoms with Crippen LogP contribution in [0.1, 0.15) is 47.1 Å². The van der Waals surface area contributed by atoms with Crippen LogP contribution in [0.5, 0.6) is 5.75 Å². The van der Waals surface area contributed by atoms with Crippen LogP contribution in [0, 0.1) is 0 Å². The molecule has 1 heterocycles. The number of aliphatic carboxylic acids is 1. The van der Waals surface area contributed by atoms with Crippen LogP contribution in [-0.4, -0.2) is 73.1 Å². The number of phosphoric ester groups is 1. The molecule has 1 aromatic carbocycles. The summed E-state index contributed by atoms with van der Waals surface area (Å²) in [5.74, 6) is -1.40. The van der Waals surface area contributed by atoms with E-state index in [1.54, 1.807) is 26.8 Å². The van der Waals surface area contributed by atoms with E-state index in [4.69, 9.17) is 18.5 Å². The third kappa shape index (κ3) is 8.17. The zero-order chi connectivity index (χ0) is 26.1. The molecule has 0 radical (unpaired) electrons. The van der Waals surface area contributed by atoms with Crippen molar-refractivity contribution in [1.82, 2.24) is 0 Å². The molecule has 6 N–H and O–H groups in total. The topological polar surface area (TPSA) is 184 Å². The van der Waals surface area contributed by atoms with Gasteiger partial charge in [-0.25, -0.2) is 9.36 Å². The molecule has 0 saturated carbocycles. The standard InChI is InChI=1S/C21H34NO11P/c1-20(2,3)22-12-9-11(10-30-34(28,29)33-21(4,5)6)7-8-13(12)31-19-16(25)14(23)15(24)17(32-19)18(26)27/h7-9,14-17,19,22-25H,10H2,1-6H3,(H,26,27)(H,28,29). The van der Waals surface area contributed by atoms with Crippen molar-refractivity contribution in [2.24, 2.45) is 0 Å². The predicted octanol–water partition coefficient (Wildman–Crippen LogP) is 1.60. The second-order valence-corrected chi connectivity index (χ2v) is 11.4. The normalized spacial score (nSPS) is 27.6. The Kier molecular flexibility index (Phi) is 8.77. The number of nitrogens with one attached hydrogen (secondary N) is 1. The smallest absolute Gasteiger partial charge is 0.473 e. The molecule has 2 rings (SSSR count). The fourth-order valence-corrected chi connectivity index (χ4v) is 4.13. The molecule has 0 bridgehead atoms. The van der Waals surface area contributed by atoms with Crippen LogP contribution in [0.2, 0.25) is 0 Å². The summed E-state index contributed by atoms with van der Waals surface area (Å²) in [6.45, 7) is 10.2. The zero-order valence-corrected chi connectivity index (χ0v) is 20.9. The second-order valence-electron chi connectivity index (χ2n) is 10.0. The highest BCUT2D eigenvalue weighted by molar-refractivity contribution is 7.47. The SMILES string of the molecule is CC(C)(C)Nc1cc(COP(=O)(O)OC(C)(C)C)ccc1OC1OC(C(=O)O)C(O)C(O)C1O. The summed E-state index contributed by atoms with van der Waals surface area (Å²) in [5.41, 5.74) is -0.505.